The maximum absolute atomic E-state index is 14.0. The van der Waals surface area contributed by atoms with Crippen LogP contribution in [0.1, 0.15) is 29.3 Å². The highest BCUT2D eigenvalue weighted by molar-refractivity contribution is 5.88. The average molecular weight is 258 g/mol. The molecule has 0 aliphatic rings. The molecule has 0 saturated heterocycles. The monoisotopic (exact) mass is 258 g/mol. The van der Waals surface area contributed by atoms with E-state index in [1.54, 1.807) is 0 Å². The first-order chi connectivity index (χ1) is 9.11. The summed E-state index contributed by atoms with van der Waals surface area (Å²) in [7, 11) is 0. The summed E-state index contributed by atoms with van der Waals surface area (Å²) < 4.78 is 14.0. The summed E-state index contributed by atoms with van der Waals surface area (Å²) in [6.45, 7) is 2.09. The molecule has 2 nitrogen and oxygen atoms in total. The van der Waals surface area contributed by atoms with E-state index in [2.05, 4.69) is 6.92 Å². The molecule has 2 aromatic carbocycles. The molecule has 2 rings (SSSR count). The number of aryl methyl sites for hydroxylation is 1. The fourth-order valence-electron chi connectivity index (χ4n) is 2.07. The highest BCUT2D eigenvalue weighted by Crippen LogP contribution is 2.25. The van der Waals surface area contributed by atoms with Gasteiger partial charge in [-0.1, -0.05) is 43.7 Å². The van der Waals surface area contributed by atoms with Crippen molar-refractivity contribution in [3.05, 3.63) is 59.4 Å². The number of hydrogen-bond donors (Lipinski definition) is 1. The molecule has 0 aliphatic heterocycles. The van der Waals surface area contributed by atoms with E-state index in [1.807, 2.05) is 24.3 Å². The molecule has 0 aromatic heterocycles. The van der Waals surface area contributed by atoms with Gasteiger partial charge in [0.2, 0.25) is 0 Å². The number of hydrogen-bond acceptors (Lipinski definition) is 1. The lowest BCUT2D eigenvalue weighted by Crippen LogP contribution is -1.97. The van der Waals surface area contributed by atoms with Gasteiger partial charge in [0.15, 0.2) is 0 Å². The van der Waals surface area contributed by atoms with E-state index in [-0.39, 0.29) is 5.56 Å². The molecule has 0 amide bonds. The summed E-state index contributed by atoms with van der Waals surface area (Å²) in [5.41, 5.74) is 2.33. The number of rotatable bonds is 4. The highest BCUT2D eigenvalue weighted by Gasteiger charge is 2.10. The van der Waals surface area contributed by atoms with Crippen LogP contribution in [0, 0.1) is 5.82 Å². The smallest absolute Gasteiger partial charge is 0.335 e. The minimum atomic E-state index is -1.12. The van der Waals surface area contributed by atoms with Crippen LogP contribution in [0.4, 0.5) is 4.39 Å². The Labute approximate surface area is 111 Å². The second kappa shape index (κ2) is 5.65. The minimum absolute atomic E-state index is 0.0361. The van der Waals surface area contributed by atoms with E-state index in [1.165, 1.54) is 12.1 Å². The number of carbonyl (C=O) groups is 1. The van der Waals surface area contributed by atoms with Crippen molar-refractivity contribution in [2.45, 2.75) is 19.8 Å². The quantitative estimate of drug-likeness (QED) is 0.894. The lowest BCUT2D eigenvalue weighted by molar-refractivity contribution is 0.0696. The van der Waals surface area contributed by atoms with Crippen molar-refractivity contribution >= 4 is 5.97 Å². The van der Waals surface area contributed by atoms with Crippen LogP contribution in [0.2, 0.25) is 0 Å². The van der Waals surface area contributed by atoms with Gasteiger partial charge in [-0.15, -0.1) is 0 Å². The minimum Gasteiger partial charge on any atom is -0.478 e. The van der Waals surface area contributed by atoms with Crippen molar-refractivity contribution in [3.63, 3.8) is 0 Å². The van der Waals surface area contributed by atoms with Gasteiger partial charge in [0.1, 0.15) is 5.82 Å². The Morgan fingerprint density at radius 1 is 1.21 bits per heavy atom. The molecular weight excluding hydrogens is 243 g/mol. The maximum Gasteiger partial charge on any atom is 0.335 e. The number of benzene rings is 2. The molecule has 0 fully saturated rings. The van der Waals surface area contributed by atoms with Crippen molar-refractivity contribution in [2.75, 3.05) is 0 Å². The Kier molecular flexibility index (Phi) is 3.95. The zero-order valence-electron chi connectivity index (χ0n) is 10.7. The third-order valence-electron chi connectivity index (χ3n) is 2.99. The molecule has 1 N–H and O–H groups in total. The molecule has 19 heavy (non-hydrogen) atoms. The largest absolute Gasteiger partial charge is 0.478 e. The first-order valence-electron chi connectivity index (χ1n) is 6.24. The number of halogens is 1. The van der Waals surface area contributed by atoms with Crippen molar-refractivity contribution in [2.24, 2.45) is 0 Å². The van der Waals surface area contributed by atoms with Crippen LogP contribution < -0.4 is 0 Å². The molecule has 3 heteroatoms. The second-order valence-electron chi connectivity index (χ2n) is 4.45. The summed E-state index contributed by atoms with van der Waals surface area (Å²) in [5.74, 6) is -1.63. The van der Waals surface area contributed by atoms with E-state index >= 15 is 0 Å². The van der Waals surface area contributed by atoms with E-state index in [0.29, 0.717) is 5.56 Å². The van der Waals surface area contributed by atoms with Crippen molar-refractivity contribution in [1.29, 1.82) is 0 Å². The Hall–Kier alpha value is -2.16. The van der Waals surface area contributed by atoms with Crippen molar-refractivity contribution in [1.82, 2.24) is 0 Å². The topological polar surface area (TPSA) is 37.3 Å². The lowest BCUT2D eigenvalue weighted by atomic mass is 9.99. The summed E-state index contributed by atoms with van der Waals surface area (Å²) in [6, 6.07) is 11.7. The van der Waals surface area contributed by atoms with E-state index in [4.69, 9.17) is 5.11 Å². The van der Waals surface area contributed by atoms with E-state index in [0.717, 1.165) is 30.0 Å². The molecule has 0 atom stereocenters. The first-order valence-corrected chi connectivity index (χ1v) is 6.24. The molecule has 2 aromatic rings. The number of carboxylic acid groups (broad SMARTS) is 1. The van der Waals surface area contributed by atoms with Gasteiger partial charge in [-0.2, -0.15) is 0 Å². The molecule has 0 heterocycles. The standard InChI is InChI=1S/C16H15FO2/c1-2-4-11-5-3-6-12(9-11)14-8-7-13(16(18)19)10-15(14)17/h3,5-10H,2,4H2,1H3,(H,18,19). The summed E-state index contributed by atoms with van der Waals surface area (Å²) >= 11 is 0. The zero-order valence-corrected chi connectivity index (χ0v) is 10.7. The molecule has 0 aliphatic carbocycles. The molecule has 0 bridgehead atoms. The van der Waals surface area contributed by atoms with Gasteiger partial charge < -0.3 is 5.11 Å². The van der Waals surface area contributed by atoms with Gasteiger partial charge in [0.25, 0.3) is 0 Å². The van der Waals surface area contributed by atoms with E-state index in [9.17, 15) is 9.18 Å². The molecule has 98 valence electrons. The first kappa shape index (κ1) is 13.3. The van der Waals surface area contributed by atoms with Gasteiger partial charge >= 0.3 is 5.97 Å². The van der Waals surface area contributed by atoms with Crippen LogP contribution in [-0.4, -0.2) is 11.1 Å². The number of carboxylic acids is 1. The molecule has 0 spiro atoms. The summed E-state index contributed by atoms with van der Waals surface area (Å²) in [6.07, 6.45) is 1.98. The van der Waals surface area contributed by atoms with E-state index < -0.39 is 11.8 Å². The van der Waals surface area contributed by atoms with Crippen LogP contribution in [-0.2, 0) is 6.42 Å². The maximum atomic E-state index is 14.0. The second-order valence-corrected chi connectivity index (χ2v) is 4.45. The zero-order chi connectivity index (χ0) is 13.8. The SMILES string of the molecule is CCCc1cccc(-c2ccc(C(=O)O)cc2F)c1. The van der Waals surface area contributed by atoms with Gasteiger partial charge in [-0.3, -0.25) is 0 Å². The summed E-state index contributed by atoms with van der Waals surface area (Å²) in [4.78, 5) is 10.8. The van der Waals surface area contributed by atoms with Crippen LogP contribution >= 0.6 is 0 Å². The van der Waals surface area contributed by atoms with Crippen LogP contribution in [0.5, 0.6) is 0 Å². The normalized spacial score (nSPS) is 10.4. The van der Waals surface area contributed by atoms with Gasteiger partial charge in [-0.25, -0.2) is 9.18 Å². The van der Waals surface area contributed by atoms with Crippen molar-refractivity contribution < 1.29 is 14.3 Å². The average Bonchev–Trinajstić information content (AvgIpc) is 2.39. The van der Waals surface area contributed by atoms with Crippen LogP contribution in [0.3, 0.4) is 0 Å². The molecular formula is C16H15FO2. The van der Waals surface area contributed by atoms with Gasteiger partial charge in [0.05, 0.1) is 5.56 Å². The Morgan fingerprint density at radius 3 is 2.63 bits per heavy atom. The molecule has 0 saturated carbocycles. The molecule has 0 radical (unpaired) electrons. The molecule has 0 unspecified atom stereocenters. The fourth-order valence-corrected chi connectivity index (χ4v) is 2.07. The third-order valence-corrected chi connectivity index (χ3v) is 2.99. The van der Waals surface area contributed by atoms with Crippen molar-refractivity contribution in [3.8, 4) is 11.1 Å². The number of aromatic carboxylic acids is 1. The Bertz CT molecular complexity index is 605. The highest BCUT2D eigenvalue weighted by atomic mass is 19.1. The van der Waals surface area contributed by atoms with Crippen LogP contribution in [0.15, 0.2) is 42.5 Å². The third kappa shape index (κ3) is 2.99. The van der Waals surface area contributed by atoms with Gasteiger partial charge in [0, 0.05) is 5.56 Å². The Balaban J connectivity index is 2.41. The fraction of sp³-hybridized carbons (Fsp3) is 0.188. The predicted octanol–water partition coefficient (Wildman–Crippen LogP) is 4.14. The lowest BCUT2D eigenvalue weighted by Gasteiger charge is -2.07. The predicted molar refractivity (Wildman–Crippen MR) is 72.8 cm³/mol. The Morgan fingerprint density at radius 2 is 2.00 bits per heavy atom. The van der Waals surface area contributed by atoms with Crippen LogP contribution in [0.25, 0.3) is 11.1 Å². The summed E-state index contributed by atoms with van der Waals surface area (Å²) in [5, 5.41) is 8.82. The van der Waals surface area contributed by atoms with Gasteiger partial charge in [-0.05, 0) is 29.7 Å².